The summed E-state index contributed by atoms with van der Waals surface area (Å²) in [4.78, 5) is 29.2. The van der Waals surface area contributed by atoms with Crippen LogP contribution >= 0.6 is 11.6 Å². The van der Waals surface area contributed by atoms with Gasteiger partial charge in [0.2, 0.25) is 0 Å². The Morgan fingerprint density at radius 3 is 2.74 bits per heavy atom. The zero-order valence-corrected chi connectivity index (χ0v) is 17.6. The number of hydrogen-bond acceptors (Lipinski definition) is 5. The Morgan fingerprint density at radius 1 is 1.23 bits per heavy atom. The number of aryl methyl sites for hydroxylation is 1. The first-order valence-corrected chi connectivity index (χ1v) is 10.4. The molecule has 2 aromatic carbocycles. The number of nitrogens with one attached hydrogen (secondary N) is 1. The number of benzene rings is 2. The van der Waals surface area contributed by atoms with Gasteiger partial charge in [-0.2, -0.15) is 0 Å². The van der Waals surface area contributed by atoms with Gasteiger partial charge in [-0.25, -0.2) is 9.37 Å². The van der Waals surface area contributed by atoms with Crippen LogP contribution in [-0.4, -0.2) is 28.8 Å². The lowest BCUT2D eigenvalue weighted by molar-refractivity contribution is -0.162. The van der Waals surface area contributed by atoms with E-state index in [1.807, 2.05) is 0 Å². The van der Waals surface area contributed by atoms with Crippen molar-refractivity contribution in [3.05, 3.63) is 58.7 Å². The summed E-state index contributed by atoms with van der Waals surface area (Å²) in [5, 5.41) is 3.13. The number of hydrogen-bond donors (Lipinski definition) is 1. The molecule has 1 aromatic heterocycles. The lowest BCUT2D eigenvalue weighted by Gasteiger charge is -2.70. The molecule has 0 spiro atoms. The Hall–Kier alpha value is -2.93. The monoisotopic (exact) mass is 442 g/mol. The van der Waals surface area contributed by atoms with Crippen molar-refractivity contribution in [1.29, 1.82) is 0 Å². The van der Waals surface area contributed by atoms with E-state index in [0.29, 0.717) is 23.5 Å². The van der Waals surface area contributed by atoms with Crippen molar-refractivity contribution in [2.45, 2.75) is 38.1 Å². The average Bonchev–Trinajstić information content (AvgIpc) is 3.05. The number of halogens is 2. The third kappa shape index (κ3) is 3.67. The van der Waals surface area contributed by atoms with Crippen LogP contribution in [-0.2, 0) is 4.79 Å². The second-order valence-corrected chi connectivity index (χ2v) is 9.17. The number of ketones is 1. The summed E-state index contributed by atoms with van der Waals surface area (Å²) in [6.07, 6.45) is 2.72. The van der Waals surface area contributed by atoms with E-state index in [0.717, 1.165) is 24.8 Å². The summed E-state index contributed by atoms with van der Waals surface area (Å²) in [7, 11) is 0. The number of carbonyl (C=O) groups is 2. The van der Waals surface area contributed by atoms with E-state index >= 15 is 0 Å². The molecule has 3 saturated carbocycles. The Balaban J connectivity index is 1.12. The highest BCUT2D eigenvalue weighted by molar-refractivity contribution is 6.30. The molecule has 8 heteroatoms. The predicted octanol–water partition coefficient (Wildman–Crippen LogP) is 4.62. The Morgan fingerprint density at radius 2 is 2.00 bits per heavy atom. The highest BCUT2D eigenvalue weighted by Crippen LogP contribution is 2.69. The first-order chi connectivity index (χ1) is 14.7. The summed E-state index contributed by atoms with van der Waals surface area (Å²) in [6.45, 7) is 1.65. The molecule has 2 bridgehead atoms. The van der Waals surface area contributed by atoms with Crippen LogP contribution < -0.4 is 10.1 Å². The lowest BCUT2D eigenvalue weighted by Crippen LogP contribution is -2.75. The van der Waals surface area contributed by atoms with E-state index in [4.69, 9.17) is 20.8 Å². The lowest BCUT2D eigenvalue weighted by atomic mass is 9.38. The van der Waals surface area contributed by atoms with Crippen molar-refractivity contribution in [3.63, 3.8) is 0 Å². The molecular formula is C23H20ClFN2O4. The normalized spacial score (nSPS) is 23.7. The van der Waals surface area contributed by atoms with E-state index in [1.165, 1.54) is 18.2 Å². The maximum Gasteiger partial charge on any atom is 0.251 e. The molecule has 3 aliphatic carbocycles. The van der Waals surface area contributed by atoms with E-state index < -0.39 is 5.82 Å². The number of ether oxygens (including phenoxy) is 1. The predicted molar refractivity (Wildman–Crippen MR) is 112 cm³/mol. The van der Waals surface area contributed by atoms with Gasteiger partial charge in [-0.05, 0) is 55.0 Å². The molecule has 1 N–H and O–H groups in total. The maximum absolute atomic E-state index is 13.5. The second kappa shape index (κ2) is 7.05. The SMILES string of the molecule is Cc1nc2ccc(C(=O)NC34CC(CC(=O)COc5ccc(Cl)c(F)c5)(C3)C4)cc2o1. The maximum atomic E-state index is 13.5. The number of oxazole rings is 1. The third-order valence-electron chi connectivity index (χ3n) is 6.14. The minimum absolute atomic E-state index is 0.00995. The number of carbonyl (C=O) groups excluding carboxylic acids is 2. The standard InChI is InChI=1S/C23H20ClFN2O4/c1-13-26-19-5-2-14(6-20(19)31-13)21(29)27-23-10-22(11-23,12-23)8-15(28)9-30-16-3-4-17(24)18(25)7-16/h2-7H,8-12H2,1H3,(H,27,29). The van der Waals surface area contributed by atoms with E-state index in [1.54, 1.807) is 25.1 Å². The highest BCUT2D eigenvalue weighted by Gasteiger charge is 2.68. The zero-order valence-electron chi connectivity index (χ0n) is 16.8. The molecule has 0 radical (unpaired) electrons. The summed E-state index contributed by atoms with van der Waals surface area (Å²) < 4.78 is 24.3. The fraction of sp³-hybridized carbons (Fsp3) is 0.348. The number of rotatable bonds is 7. The van der Waals surface area contributed by atoms with Crippen LogP contribution in [0.1, 0.15) is 41.9 Å². The Labute approximate surface area is 182 Å². The molecular weight excluding hydrogens is 423 g/mol. The van der Waals surface area contributed by atoms with Crippen LogP contribution in [0.4, 0.5) is 4.39 Å². The number of amides is 1. The third-order valence-corrected chi connectivity index (χ3v) is 6.45. The number of nitrogens with zero attached hydrogens (tertiary/aromatic N) is 1. The summed E-state index contributed by atoms with van der Waals surface area (Å²) in [5.41, 5.74) is 1.54. The van der Waals surface area contributed by atoms with Gasteiger partial charge in [0.1, 0.15) is 23.7 Å². The fourth-order valence-corrected chi connectivity index (χ4v) is 5.13. The van der Waals surface area contributed by atoms with Gasteiger partial charge in [-0.1, -0.05) is 11.6 Å². The van der Waals surface area contributed by atoms with Gasteiger partial charge in [0.25, 0.3) is 5.91 Å². The highest BCUT2D eigenvalue weighted by atomic mass is 35.5. The molecule has 3 aliphatic rings. The van der Waals surface area contributed by atoms with Crippen molar-refractivity contribution < 1.29 is 23.1 Å². The van der Waals surface area contributed by atoms with Crippen molar-refractivity contribution in [1.82, 2.24) is 10.3 Å². The fourth-order valence-electron chi connectivity index (χ4n) is 5.01. The number of Topliss-reactive ketones (excluding diaryl/α,β-unsaturated/α-hetero) is 1. The van der Waals surface area contributed by atoms with Gasteiger partial charge in [-0.15, -0.1) is 0 Å². The Bertz CT molecular complexity index is 1200. The summed E-state index contributed by atoms with van der Waals surface area (Å²) in [5.74, 6) is 0.0605. The van der Waals surface area contributed by atoms with E-state index in [-0.39, 0.29) is 40.0 Å². The molecule has 31 heavy (non-hydrogen) atoms. The van der Waals surface area contributed by atoms with Crippen LogP contribution in [0.5, 0.6) is 5.75 Å². The quantitative estimate of drug-likeness (QED) is 0.577. The molecule has 160 valence electrons. The number of aromatic nitrogens is 1. The van der Waals surface area contributed by atoms with Gasteiger partial charge < -0.3 is 14.5 Å². The van der Waals surface area contributed by atoms with Crippen molar-refractivity contribution in [2.24, 2.45) is 5.41 Å². The molecule has 3 fully saturated rings. The minimum Gasteiger partial charge on any atom is -0.486 e. The molecule has 0 atom stereocenters. The van der Waals surface area contributed by atoms with Crippen molar-refractivity contribution in [3.8, 4) is 5.75 Å². The largest absolute Gasteiger partial charge is 0.486 e. The zero-order chi connectivity index (χ0) is 21.8. The summed E-state index contributed by atoms with van der Waals surface area (Å²) in [6, 6.07) is 9.30. The molecule has 1 heterocycles. The molecule has 0 saturated heterocycles. The first-order valence-electron chi connectivity index (χ1n) is 10.0. The topological polar surface area (TPSA) is 81.4 Å². The molecule has 3 aromatic rings. The van der Waals surface area contributed by atoms with Crippen molar-refractivity contribution in [2.75, 3.05) is 6.61 Å². The van der Waals surface area contributed by atoms with Gasteiger partial charge in [0.15, 0.2) is 17.3 Å². The minimum atomic E-state index is -0.582. The average molecular weight is 443 g/mol. The van der Waals surface area contributed by atoms with Crippen LogP contribution in [0.15, 0.2) is 40.8 Å². The van der Waals surface area contributed by atoms with Gasteiger partial charge >= 0.3 is 0 Å². The molecule has 0 unspecified atom stereocenters. The van der Waals surface area contributed by atoms with Crippen LogP contribution in [0.3, 0.4) is 0 Å². The van der Waals surface area contributed by atoms with E-state index in [2.05, 4.69) is 10.3 Å². The van der Waals surface area contributed by atoms with Crippen LogP contribution in [0.2, 0.25) is 5.02 Å². The second-order valence-electron chi connectivity index (χ2n) is 8.76. The van der Waals surface area contributed by atoms with Gasteiger partial charge in [0, 0.05) is 30.5 Å². The molecule has 6 nitrogen and oxygen atoms in total. The van der Waals surface area contributed by atoms with Gasteiger partial charge in [-0.3, -0.25) is 9.59 Å². The summed E-state index contributed by atoms with van der Waals surface area (Å²) >= 11 is 5.64. The number of fused-ring (bicyclic) bond motifs is 1. The molecule has 0 aliphatic heterocycles. The Kier molecular flexibility index (Phi) is 4.55. The smallest absolute Gasteiger partial charge is 0.251 e. The molecule has 1 amide bonds. The van der Waals surface area contributed by atoms with Crippen LogP contribution in [0.25, 0.3) is 11.1 Å². The van der Waals surface area contributed by atoms with E-state index in [9.17, 15) is 14.0 Å². The van der Waals surface area contributed by atoms with Crippen molar-refractivity contribution >= 4 is 34.4 Å². The van der Waals surface area contributed by atoms with Crippen LogP contribution in [0, 0.1) is 18.2 Å². The molecule has 6 rings (SSSR count). The first kappa shape index (κ1) is 20.0. The van der Waals surface area contributed by atoms with Gasteiger partial charge in [0.05, 0.1) is 5.02 Å².